The molecule has 0 heterocycles. The Bertz CT molecular complexity index is 395. The van der Waals surface area contributed by atoms with Crippen LogP contribution in [0.1, 0.15) is 76.8 Å². The summed E-state index contributed by atoms with van der Waals surface area (Å²) in [7, 11) is 0. The van der Waals surface area contributed by atoms with Crippen LogP contribution in [0.25, 0.3) is 0 Å². The summed E-state index contributed by atoms with van der Waals surface area (Å²) >= 11 is 9.63. The summed E-state index contributed by atoms with van der Waals surface area (Å²) < 4.78 is 0.993. The smallest absolute Gasteiger partial charge is 0.0548 e. The predicted octanol–water partition coefficient (Wildman–Crippen LogP) is 6.89. The molecule has 1 rings (SSSR count). The maximum atomic E-state index is 6.10. The molecule has 0 aliphatic heterocycles. The Labute approximate surface area is 144 Å². The Balaban J connectivity index is 2.48. The van der Waals surface area contributed by atoms with Gasteiger partial charge in [0.15, 0.2) is 0 Å². The third-order valence-corrected chi connectivity index (χ3v) is 5.05. The van der Waals surface area contributed by atoms with Crippen LogP contribution in [0.15, 0.2) is 22.7 Å². The minimum Gasteiger partial charge on any atom is -0.310 e. The lowest BCUT2D eigenvalue weighted by molar-refractivity contribution is 0.466. The summed E-state index contributed by atoms with van der Waals surface area (Å²) in [5.41, 5.74) is 1.34. The van der Waals surface area contributed by atoms with Crippen molar-refractivity contribution < 1.29 is 0 Å². The van der Waals surface area contributed by atoms with E-state index in [4.69, 9.17) is 11.6 Å². The summed E-state index contributed by atoms with van der Waals surface area (Å²) in [5.74, 6) is 0. The van der Waals surface area contributed by atoms with Gasteiger partial charge in [-0.25, -0.2) is 0 Å². The molecule has 1 aromatic carbocycles. The maximum absolute atomic E-state index is 6.10. The lowest BCUT2D eigenvalue weighted by Crippen LogP contribution is -2.22. The zero-order chi connectivity index (χ0) is 15.5. The van der Waals surface area contributed by atoms with Crippen LogP contribution in [-0.2, 0) is 0 Å². The van der Waals surface area contributed by atoms with Gasteiger partial charge in [0, 0.05) is 10.5 Å². The molecule has 0 spiro atoms. The van der Waals surface area contributed by atoms with E-state index in [1.807, 2.05) is 6.07 Å². The highest BCUT2D eigenvalue weighted by atomic mass is 79.9. The quantitative estimate of drug-likeness (QED) is 0.416. The van der Waals surface area contributed by atoms with Crippen molar-refractivity contribution in [2.24, 2.45) is 0 Å². The second-order valence-electron chi connectivity index (χ2n) is 5.74. The van der Waals surface area contributed by atoms with Crippen molar-refractivity contribution in [3.05, 3.63) is 33.3 Å². The van der Waals surface area contributed by atoms with Crippen molar-refractivity contribution in [1.82, 2.24) is 5.32 Å². The summed E-state index contributed by atoms with van der Waals surface area (Å²) in [5, 5.41) is 4.46. The lowest BCUT2D eigenvalue weighted by atomic mass is 9.99. The molecule has 1 nitrogen and oxygen atoms in total. The van der Waals surface area contributed by atoms with Gasteiger partial charge in [-0.2, -0.15) is 0 Å². The first-order valence-corrected chi connectivity index (χ1v) is 9.54. The van der Waals surface area contributed by atoms with Crippen LogP contribution < -0.4 is 5.32 Å². The molecule has 1 atom stereocenters. The van der Waals surface area contributed by atoms with Crippen LogP contribution in [-0.4, -0.2) is 6.54 Å². The molecule has 1 aromatic rings. The highest BCUT2D eigenvalue weighted by molar-refractivity contribution is 9.10. The largest absolute Gasteiger partial charge is 0.310 e. The summed E-state index contributed by atoms with van der Waals surface area (Å²) in [6.07, 6.45) is 10.5. The highest BCUT2D eigenvalue weighted by Gasteiger charge is 2.11. The van der Waals surface area contributed by atoms with Crippen molar-refractivity contribution in [3.63, 3.8) is 0 Å². The van der Waals surface area contributed by atoms with Crippen molar-refractivity contribution in [2.45, 2.75) is 71.3 Å². The van der Waals surface area contributed by atoms with Crippen LogP contribution in [0, 0.1) is 0 Å². The first kappa shape index (κ1) is 19.0. The second kappa shape index (κ2) is 11.5. The summed E-state index contributed by atoms with van der Waals surface area (Å²) in [4.78, 5) is 0. The van der Waals surface area contributed by atoms with Gasteiger partial charge in [0.2, 0.25) is 0 Å². The SMILES string of the molecule is CCCCCCCCC(NCCC)c1ccc(Cl)c(Br)c1. The molecule has 0 saturated heterocycles. The Kier molecular flexibility index (Phi) is 10.4. The number of nitrogens with one attached hydrogen (secondary N) is 1. The molecule has 0 amide bonds. The topological polar surface area (TPSA) is 12.0 Å². The Morgan fingerprint density at radius 3 is 2.43 bits per heavy atom. The number of benzene rings is 1. The summed E-state index contributed by atoms with van der Waals surface area (Å²) in [6.45, 7) is 5.55. The fraction of sp³-hybridized carbons (Fsp3) is 0.667. The van der Waals surface area contributed by atoms with E-state index < -0.39 is 0 Å². The van der Waals surface area contributed by atoms with Gasteiger partial charge >= 0.3 is 0 Å². The molecule has 0 radical (unpaired) electrons. The molecule has 21 heavy (non-hydrogen) atoms. The molecule has 3 heteroatoms. The fourth-order valence-electron chi connectivity index (χ4n) is 2.56. The second-order valence-corrected chi connectivity index (χ2v) is 7.00. The normalized spacial score (nSPS) is 12.6. The third kappa shape index (κ3) is 7.67. The number of hydrogen-bond donors (Lipinski definition) is 1. The van der Waals surface area contributed by atoms with Crippen molar-refractivity contribution in [1.29, 1.82) is 0 Å². The molecule has 120 valence electrons. The number of hydrogen-bond acceptors (Lipinski definition) is 1. The van der Waals surface area contributed by atoms with Gasteiger partial charge in [-0.1, -0.05) is 70.0 Å². The zero-order valence-electron chi connectivity index (χ0n) is 13.4. The van der Waals surface area contributed by atoms with E-state index in [0.717, 1.165) is 16.0 Å². The van der Waals surface area contributed by atoms with Gasteiger partial charge in [0.25, 0.3) is 0 Å². The van der Waals surface area contributed by atoms with Gasteiger partial charge in [-0.05, 0) is 53.0 Å². The van der Waals surface area contributed by atoms with E-state index in [-0.39, 0.29) is 0 Å². The third-order valence-electron chi connectivity index (χ3n) is 3.83. The number of unbranched alkanes of at least 4 members (excludes halogenated alkanes) is 5. The van der Waals surface area contributed by atoms with Crippen molar-refractivity contribution in [3.8, 4) is 0 Å². The van der Waals surface area contributed by atoms with Crippen molar-refractivity contribution >= 4 is 27.5 Å². The van der Waals surface area contributed by atoms with E-state index in [9.17, 15) is 0 Å². The molecule has 0 saturated carbocycles. The van der Waals surface area contributed by atoms with E-state index >= 15 is 0 Å². The van der Waals surface area contributed by atoms with Gasteiger partial charge in [0.05, 0.1) is 5.02 Å². The Morgan fingerprint density at radius 2 is 1.76 bits per heavy atom. The first-order chi connectivity index (χ1) is 10.2. The van der Waals surface area contributed by atoms with Crippen LogP contribution >= 0.6 is 27.5 Å². The van der Waals surface area contributed by atoms with Crippen molar-refractivity contribution in [2.75, 3.05) is 6.54 Å². The molecule has 1 N–H and O–H groups in total. The molecular weight excluding hydrogens is 346 g/mol. The highest BCUT2D eigenvalue weighted by Crippen LogP contribution is 2.28. The lowest BCUT2D eigenvalue weighted by Gasteiger charge is -2.19. The molecule has 0 aromatic heterocycles. The first-order valence-electron chi connectivity index (χ1n) is 8.37. The van der Waals surface area contributed by atoms with Gasteiger partial charge < -0.3 is 5.32 Å². The van der Waals surface area contributed by atoms with E-state index in [1.165, 1.54) is 56.9 Å². The van der Waals surface area contributed by atoms with E-state index in [1.54, 1.807) is 0 Å². The monoisotopic (exact) mass is 373 g/mol. The molecule has 1 unspecified atom stereocenters. The number of halogens is 2. The molecule has 0 aliphatic rings. The standard InChI is InChI=1S/C18H29BrClN/c1-3-5-6-7-8-9-10-18(21-13-4-2)15-11-12-17(20)16(19)14-15/h11-12,14,18,21H,3-10,13H2,1-2H3. The van der Waals surface area contributed by atoms with Gasteiger partial charge in [-0.15, -0.1) is 0 Å². The molecule has 0 fully saturated rings. The Hall–Kier alpha value is -0.0500. The number of rotatable bonds is 11. The average Bonchev–Trinajstić information content (AvgIpc) is 2.49. The molecule has 0 aliphatic carbocycles. The van der Waals surface area contributed by atoms with Crippen LogP contribution in [0.3, 0.4) is 0 Å². The maximum Gasteiger partial charge on any atom is 0.0548 e. The van der Waals surface area contributed by atoms with Gasteiger partial charge in [0.1, 0.15) is 0 Å². The molecule has 0 bridgehead atoms. The minimum atomic E-state index is 0.449. The fourth-order valence-corrected chi connectivity index (χ4v) is 3.08. The zero-order valence-corrected chi connectivity index (χ0v) is 15.8. The van der Waals surface area contributed by atoms with Gasteiger partial charge in [-0.3, -0.25) is 0 Å². The predicted molar refractivity (Wildman–Crippen MR) is 98.2 cm³/mol. The molecular formula is C18H29BrClN. The van der Waals surface area contributed by atoms with E-state index in [2.05, 4.69) is 47.2 Å². The minimum absolute atomic E-state index is 0.449. The van der Waals surface area contributed by atoms with E-state index in [0.29, 0.717) is 6.04 Å². The van der Waals surface area contributed by atoms with Crippen LogP contribution in [0.5, 0.6) is 0 Å². The van der Waals surface area contributed by atoms with Crippen LogP contribution in [0.2, 0.25) is 5.02 Å². The Morgan fingerprint density at radius 1 is 1.05 bits per heavy atom. The average molecular weight is 375 g/mol. The summed E-state index contributed by atoms with van der Waals surface area (Å²) in [6, 6.07) is 6.75. The van der Waals surface area contributed by atoms with Crippen LogP contribution in [0.4, 0.5) is 0 Å².